The second-order valence-corrected chi connectivity index (χ2v) is 5.36. The van der Waals surface area contributed by atoms with Gasteiger partial charge in [0.1, 0.15) is 0 Å². The molecule has 0 spiro atoms. The van der Waals surface area contributed by atoms with Gasteiger partial charge in [0.15, 0.2) is 0 Å². The summed E-state index contributed by atoms with van der Waals surface area (Å²) in [5, 5.41) is 8.87. The quantitative estimate of drug-likeness (QED) is 0.785. The van der Waals surface area contributed by atoms with Crippen LogP contribution in [0.4, 0.5) is 0 Å². The molecule has 0 radical (unpaired) electrons. The Hall–Kier alpha value is -0.570. The van der Waals surface area contributed by atoms with Crippen LogP contribution in [0.3, 0.4) is 0 Å². The van der Waals surface area contributed by atoms with E-state index in [0.717, 1.165) is 19.5 Å². The second kappa shape index (κ2) is 5.67. The van der Waals surface area contributed by atoms with Crippen LogP contribution < -0.4 is 0 Å². The molecule has 16 heavy (non-hydrogen) atoms. The van der Waals surface area contributed by atoms with Crippen molar-refractivity contribution in [3.8, 4) is 0 Å². The lowest BCUT2D eigenvalue weighted by atomic mass is 9.78. The van der Waals surface area contributed by atoms with Gasteiger partial charge < -0.3 is 5.11 Å². The van der Waals surface area contributed by atoms with E-state index in [1.54, 1.807) is 0 Å². The van der Waals surface area contributed by atoms with Crippen LogP contribution in [0.25, 0.3) is 0 Å². The Labute approximate surface area is 98.8 Å². The summed E-state index contributed by atoms with van der Waals surface area (Å²) >= 11 is 0. The minimum Gasteiger partial charge on any atom is -0.481 e. The van der Waals surface area contributed by atoms with E-state index in [9.17, 15) is 4.79 Å². The topological polar surface area (TPSA) is 40.5 Å². The first-order chi connectivity index (χ1) is 7.50. The number of hydrogen-bond donors (Lipinski definition) is 1. The zero-order valence-electron chi connectivity index (χ0n) is 10.8. The van der Waals surface area contributed by atoms with Crippen LogP contribution >= 0.6 is 0 Å². The predicted molar refractivity (Wildman–Crippen MR) is 65.5 cm³/mol. The van der Waals surface area contributed by atoms with E-state index in [0.29, 0.717) is 11.8 Å². The van der Waals surface area contributed by atoms with Gasteiger partial charge in [0, 0.05) is 6.04 Å². The molecule has 1 N–H and O–H groups in total. The predicted octanol–water partition coefficient (Wildman–Crippen LogP) is 2.75. The van der Waals surface area contributed by atoms with E-state index in [1.807, 2.05) is 0 Å². The van der Waals surface area contributed by atoms with Gasteiger partial charge in [-0.05, 0) is 37.8 Å². The molecule has 1 saturated heterocycles. The zero-order chi connectivity index (χ0) is 12.2. The van der Waals surface area contributed by atoms with Crippen molar-refractivity contribution in [2.45, 2.75) is 58.9 Å². The maximum Gasteiger partial charge on any atom is 0.304 e. The van der Waals surface area contributed by atoms with Crippen molar-refractivity contribution in [2.24, 2.45) is 5.41 Å². The number of piperidine rings is 1. The van der Waals surface area contributed by atoms with Crippen LogP contribution in [0.2, 0.25) is 0 Å². The van der Waals surface area contributed by atoms with E-state index >= 15 is 0 Å². The highest BCUT2D eigenvalue weighted by Gasteiger charge is 2.31. The number of carboxylic acid groups (broad SMARTS) is 1. The van der Waals surface area contributed by atoms with E-state index < -0.39 is 5.97 Å². The molecule has 94 valence electrons. The van der Waals surface area contributed by atoms with E-state index in [1.165, 1.54) is 19.3 Å². The van der Waals surface area contributed by atoms with E-state index in [2.05, 4.69) is 25.7 Å². The fourth-order valence-corrected chi connectivity index (χ4v) is 2.52. The Bertz CT molecular complexity index is 232. The minimum atomic E-state index is -0.671. The summed E-state index contributed by atoms with van der Waals surface area (Å²) in [6, 6.07) is 0.235. The van der Waals surface area contributed by atoms with Crippen LogP contribution in [-0.4, -0.2) is 35.1 Å². The standard InChI is InChI=1S/C13H25NO2/c1-4-11(10-12(15)16)14-8-6-13(3,5-2)7-9-14/h11H,4-10H2,1-3H3,(H,15,16). The Morgan fingerprint density at radius 1 is 1.38 bits per heavy atom. The first-order valence-corrected chi connectivity index (χ1v) is 6.46. The number of rotatable bonds is 5. The van der Waals surface area contributed by atoms with E-state index in [4.69, 9.17) is 5.11 Å². The molecule has 1 atom stereocenters. The zero-order valence-corrected chi connectivity index (χ0v) is 10.8. The molecule has 0 aromatic carbocycles. The average molecular weight is 227 g/mol. The molecule has 1 aliphatic heterocycles. The Kier molecular flexibility index (Phi) is 4.78. The first-order valence-electron chi connectivity index (χ1n) is 6.46. The summed E-state index contributed by atoms with van der Waals surface area (Å²) in [7, 11) is 0. The third-order valence-corrected chi connectivity index (χ3v) is 4.26. The van der Waals surface area contributed by atoms with Crippen LogP contribution in [0.15, 0.2) is 0 Å². The molecule has 3 nitrogen and oxygen atoms in total. The van der Waals surface area contributed by atoms with Gasteiger partial charge in [0.2, 0.25) is 0 Å². The fourth-order valence-electron chi connectivity index (χ4n) is 2.52. The second-order valence-electron chi connectivity index (χ2n) is 5.36. The van der Waals surface area contributed by atoms with Crippen molar-refractivity contribution < 1.29 is 9.90 Å². The van der Waals surface area contributed by atoms with Gasteiger partial charge in [0.05, 0.1) is 6.42 Å². The number of hydrogen-bond acceptors (Lipinski definition) is 2. The summed E-state index contributed by atoms with van der Waals surface area (Å²) in [6.07, 6.45) is 4.88. The molecule has 1 unspecified atom stereocenters. The average Bonchev–Trinajstić information content (AvgIpc) is 2.27. The number of aliphatic carboxylic acids is 1. The van der Waals surface area contributed by atoms with Crippen molar-refractivity contribution in [1.29, 1.82) is 0 Å². The molecular weight excluding hydrogens is 202 g/mol. The molecule has 1 rings (SSSR count). The Morgan fingerprint density at radius 3 is 2.31 bits per heavy atom. The minimum absolute atomic E-state index is 0.235. The lowest BCUT2D eigenvalue weighted by Gasteiger charge is -2.42. The van der Waals surface area contributed by atoms with Crippen molar-refractivity contribution >= 4 is 5.97 Å². The molecule has 0 bridgehead atoms. The highest BCUT2D eigenvalue weighted by atomic mass is 16.4. The van der Waals surface area contributed by atoms with Gasteiger partial charge in [0.25, 0.3) is 0 Å². The molecule has 3 heteroatoms. The largest absolute Gasteiger partial charge is 0.481 e. The van der Waals surface area contributed by atoms with Crippen LogP contribution in [0, 0.1) is 5.41 Å². The summed E-state index contributed by atoms with van der Waals surface area (Å²) in [5.74, 6) is -0.671. The highest BCUT2D eigenvalue weighted by molar-refractivity contribution is 5.67. The normalized spacial score (nSPS) is 22.9. The molecule has 0 aromatic rings. The van der Waals surface area contributed by atoms with E-state index in [-0.39, 0.29) is 6.04 Å². The highest BCUT2D eigenvalue weighted by Crippen LogP contribution is 2.35. The van der Waals surface area contributed by atoms with Crippen molar-refractivity contribution in [3.05, 3.63) is 0 Å². The lowest BCUT2D eigenvalue weighted by molar-refractivity contribution is -0.138. The number of nitrogens with zero attached hydrogens (tertiary/aromatic N) is 1. The molecule has 1 fully saturated rings. The molecule has 0 aromatic heterocycles. The monoisotopic (exact) mass is 227 g/mol. The summed E-state index contributed by atoms with van der Waals surface area (Å²) in [5.41, 5.74) is 0.484. The SMILES string of the molecule is CCC(CC(=O)O)N1CCC(C)(CC)CC1. The van der Waals surface area contributed by atoms with Crippen LogP contribution in [0.5, 0.6) is 0 Å². The van der Waals surface area contributed by atoms with Gasteiger partial charge in [-0.15, -0.1) is 0 Å². The molecule has 0 saturated carbocycles. The smallest absolute Gasteiger partial charge is 0.304 e. The van der Waals surface area contributed by atoms with Crippen LogP contribution in [0.1, 0.15) is 52.9 Å². The third kappa shape index (κ3) is 3.48. The summed E-state index contributed by atoms with van der Waals surface area (Å²) < 4.78 is 0. The Morgan fingerprint density at radius 2 is 1.94 bits per heavy atom. The van der Waals surface area contributed by atoms with Gasteiger partial charge in [-0.1, -0.05) is 27.2 Å². The molecule has 1 aliphatic rings. The fraction of sp³-hybridized carbons (Fsp3) is 0.923. The Balaban J connectivity index is 2.48. The van der Waals surface area contributed by atoms with Gasteiger partial charge >= 0.3 is 5.97 Å². The van der Waals surface area contributed by atoms with Gasteiger partial charge in [-0.2, -0.15) is 0 Å². The van der Waals surface area contributed by atoms with Crippen molar-refractivity contribution in [2.75, 3.05) is 13.1 Å². The summed E-state index contributed by atoms with van der Waals surface area (Å²) in [6.45, 7) is 8.82. The molecule has 1 heterocycles. The molecule has 0 aliphatic carbocycles. The van der Waals surface area contributed by atoms with Gasteiger partial charge in [-0.25, -0.2) is 0 Å². The van der Waals surface area contributed by atoms with Crippen molar-refractivity contribution in [1.82, 2.24) is 4.90 Å². The van der Waals surface area contributed by atoms with Gasteiger partial charge in [-0.3, -0.25) is 9.69 Å². The molecule has 0 amide bonds. The summed E-state index contributed by atoms with van der Waals surface area (Å²) in [4.78, 5) is 13.1. The molecular formula is C13H25NO2. The van der Waals surface area contributed by atoms with Crippen LogP contribution in [-0.2, 0) is 4.79 Å². The first kappa shape index (κ1) is 13.5. The van der Waals surface area contributed by atoms with Crippen molar-refractivity contribution in [3.63, 3.8) is 0 Å². The maximum atomic E-state index is 10.8. The maximum absolute atomic E-state index is 10.8. The number of likely N-dealkylation sites (tertiary alicyclic amines) is 1. The third-order valence-electron chi connectivity index (χ3n) is 4.26. The number of carbonyl (C=O) groups is 1. The number of carboxylic acids is 1. The lowest BCUT2D eigenvalue weighted by Crippen LogP contribution is -2.44.